The summed E-state index contributed by atoms with van der Waals surface area (Å²) in [5.74, 6) is -0.404. The Balaban J connectivity index is 1.46. The summed E-state index contributed by atoms with van der Waals surface area (Å²) in [5, 5.41) is 2.26. The summed E-state index contributed by atoms with van der Waals surface area (Å²) in [4.78, 5) is 18.3. The van der Waals surface area contributed by atoms with Gasteiger partial charge in [-0.1, -0.05) is 78.9 Å². The van der Waals surface area contributed by atoms with Crippen molar-refractivity contribution in [1.29, 1.82) is 0 Å². The van der Waals surface area contributed by atoms with Crippen LogP contribution in [0.1, 0.15) is 29.8 Å². The Morgan fingerprint density at radius 1 is 0.892 bits per heavy atom. The van der Waals surface area contributed by atoms with Crippen LogP contribution in [0.4, 0.5) is 0 Å². The molecule has 0 unspecified atom stereocenters. The molecule has 0 radical (unpaired) electrons. The van der Waals surface area contributed by atoms with Crippen molar-refractivity contribution >= 4 is 48.3 Å². The third kappa shape index (κ3) is 4.87. The Morgan fingerprint density at radius 3 is 2.30 bits per heavy atom. The minimum atomic E-state index is -3.71. The fraction of sp³-hybridized carbons (Fsp3) is 0.172. The van der Waals surface area contributed by atoms with E-state index in [0.29, 0.717) is 23.5 Å². The van der Waals surface area contributed by atoms with Crippen LogP contribution in [0.3, 0.4) is 0 Å². The van der Waals surface area contributed by atoms with Crippen LogP contribution < -0.4 is 4.80 Å². The number of hydrogen-bond acceptors (Lipinski definition) is 4. The number of rotatable bonds is 7. The molecule has 0 aliphatic rings. The minimum Gasteiger partial charge on any atom is -0.316 e. The summed E-state index contributed by atoms with van der Waals surface area (Å²) in [6, 6.07) is 27.8. The van der Waals surface area contributed by atoms with Crippen molar-refractivity contribution in [2.45, 2.75) is 31.8 Å². The van der Waals surface area contributed by atoms with E-state index in [-0.39, 0.29) is 11.4 Å². The van der Waals surface area contributed by atoms with Gasteiger partial charge in [-0.15, -0.1) is 0 Å². The van der Waals surface area contributed by atoms with E-state index in [1.165, 1.54) is 39.9 Å². The topological polar surface area (TPSA) is 71.7 Å². The minimum absolute atomic E-state index is 0.152. The maximum atomic E-state index is 13.2. The molecule has 0 aliphatic heterocycles. The largest absolute Gasteiger partial charge is 0.316 e. The Bertz CT molecular complexity index is 1750. The Kier molecular flexibility index (Phi) is 7.06. The van der Waals surface area contributed by atoms with Gasteiger partial charge in [0.1, 0.15) is 0 Å². The molecule has 37 heavy (non-hydrogen) atoms. The lowest BCUT2D eigenvalue weighted by atomic mass is 10.1. The van der Waals surface area contributed by atoms with E-state index in [0.717, 1.165) is 26.6 Å². The average molecular weight is 530 g/mol. The van der Waals surface area contributed by atoms with Gasteiger partial charge in [-0.05, 0) is 48.2 Å². The lowest BCUT2D eigenvalue weighted by molar-refractivity contribution is 0.0997. The molecule has 0 saturated carbocycles. The molecule has 0 fully saturated rings. The Morgan fingerprint density at radius 2 is 1.59 bits per heavy atom. The van der Waals surface area contributed by atoms with Crippen LogP contribution in [0.25, 0.3) is 21.0 Å². The summed E-state index contributed by atoms with van der Waals surface area (Å²) in [6.07, 6.45) is 0. The molecule has 4 aromatic carbocycles. The Hall–Kier alpha value is -3.59. The zero-order valence-corrected chi connectivity index (χ0v) is 22.3. The van der Waals surface area contributed by atoms with Gasteiger partial charge in [-0.25, -0.2) is 8.42 Å². The van der Waals surface area contributed by atoms with Gasteiger partial charge in [0.05, 0.1) is 15.1 Å². The van der Waals surface area contributed by atoms with Crippen molar-refractivity contribution in [3.05, 3.63) is 107 Å². The van der Waals surface area contributed by atoms with E-state index in [2.05, 4.69) is 33.8 Å². The number of benzene rings is 4. The quantitative estimate of drug-likeness (QED) is 0.266. The van der Waals surface area contributed by atoms with Gasteiger partial charge < -0.3 is 4.57 Å². The van der Waals surface area contributed by atoms with Crippen LogP contribution in [0.5, 0.6) is 0 Å². The number of nitrogens with zero attached hydrogens (tertiary/aromatic N) is 3. The normalized spacial score (nSPS) is 12.6. The van der Waals surface area contributed by atoms with Crippen molar-refractivity contribution < 1.29 is 13.2 Å². The number of hydrogen-bond donors (Lipinski definition) is 0. The van der Waals surface area contributed by atoms with Gasteiger partial charge in [-0.3, -0.25) is 4.79 Å². The number of sulfonamides is 1. The molecule has 8 heteroatoms. The second-order valence-corrected chi connectivity index (χ2v) is 11.6. The van der Waals surface area contributed by atoms with Gasteiger partial charge in [0, 0.05) is 30.6 Å². The van der Waals surface area contributed by atoms with E-state index in [9.17, 15) is 13.2 Å². The molecule has 0 spiro atoms. The van der Waals surface area contributed by atoms with E-state index in [4.69, 9.17) is 0 Å². The standard InChI is InChI=1S/C29H27N3O3S2/c1-3-31(20-21-10-6-5-7-11-21)37(34,35)24-17-14-23(15-18-24)28(33)30-29-32(4-2)27-25-13-9-8-12-22(25)16-19-26(27)36-29/h5-19H,3-4,20H2,1-2H3. The van der Waals surface area contributed by atoms with Crippen molar-refractivity contribution in [1.82, 2.24) is 8.87 Å². The highest BCUT2D eigenvalue weighted by molar-refractivity contribution is 7.89. The molecule has 188 valence electrons. The SMILES string of the molecule is CCN(Cc1ccccc1)S(=O)(=O)c1ccc(C(=O)N=c2sc3ccc4ccccc4c3n2CC)cc1. The number of fused-ring (bicyclic) bond motifs is 3. The first-order valence-electron chi connectivity index (χ1n) is 12.2. The van der Waals surface area contributed by atoms with Gasteiger partial charge in [0.2, 0.25) is 10.0 Å². The second-order valence-electron chi connectivity index (χ2n) is 8.62. The molecule has 1 heterocycles. The van der Waals surface area contributed by atoms with Gasteiger partial charge in [0.15, 0.2) is 4.80 Å². The summed E-state index contributed by atoms with van der Waals surface area (Å²) < 4.78 is 31.0. The molecule has 1 amide bonds. The van der Waals surface area contributed by atoms with Crippen molar-refractivity contribution in [3.63, 3.8) is 0 Å². The van der Waals surface area contributed by atoms with Crippen molar-refractivity contribution in [3.8, 4) is 0 Å². The number of carbonyl (C=O) groups excluding carboxylic acids is 1. The average Bonchev–Trinajstić information content (AvgIpc) is 3.29. The molecule has 0 bridgehead atoms. The third-order valence-corrected chi connectivity index (χ3v) is 9.35. The van der Waals surface area contributed by atoms with Gasteiger partial charge in [-0.2, -0.15) is 9.30 Å². The zero-order chi connectivity index (χ0) is 26.0. The van der Waals surface area contributed by atoms with Crippen LogP contribution in [0, 0.1) is 0 Å². The number of amides is 1. The zero-order valence-electron chi connectivity index (χ0n) is 20.7. The first-order valence-corrected chi connectivity index (χ1v) is 14.4. The first kappa shape index (κ1) is 25.1. The number of aromatic nitrogens is 1. The fourth-order valence-electron chi connectivity index (χ4n) is 4.45. The van der Waals surface area contributed by atoms with E-state index in [1.807, 2.05) is 56.3 Å². The summed E-state index contributed by atoms with van der Waals surface area (Å²) in [6.45, 7) is 5.14. The summed E-state index contributed by atoms with van der Waals surface area (Å²) in [7, 11) is -3.71. The number of carbonyl (C=O) groups is 1. The van der Waals surface area contributed by atoms with E-state index >= 15 is 0 Å². The van der Waals surface area contributed by atoms with E-state index in [1.54, 1.807) is 0 Å². The number of aryl methyl sites for hydroxylation is 1. The molecule has 0 aliphatic carbocycles. The highest BCUT2D eigenvalue weighted by Crippen LogP contribution is 2.27. The second kappa shape index (κ2) is 10.4. The van der Waals surface area contributed by atoms with Crippen LogP contribution in [0.15, 0.2) is 101 Å². The summed E-state index contributed by atoms with van der Waals surface area (Å²) >= 11 is 1.47. The fourth-order valence-corrected chi connectivity index (χ4v) is 6.99. The van der Waals surface area contributed by atoms with Gasteiger partial charge >= 0.3 is 0 Å². The van der Waals surface area contributed by atoms with Crippen molar-refractivity contribution in [2.75, 3.05) is 6.54 Å². The van der Waals surface area contributed by atoms with E-state index < -0.39 is 15.9 Å². The molecular weight excluding hydrogens is 502 g/mol. The monoisotopic (exact) mass is 529 g/mol. The molecule has 0 N–H and O–H groups in total. The smallest absolute Gasteiger partial charge is 0.279 e. The van der Waals surface area contributed by atoms with Crippen LogP contribution in [-0.2, 0) is 23.1 Å². The molecule has 0 atom stereocenters. The molecule has 6 nitrogen and oxygen atoms in total. The summed E-state index contributed by atoms with van der Waals surface area (Å²) in [5.41, 5.74) is 2.32. The third-order valence-electron chi connectivity index (χ3n) is 6.37. The maximum Gasteiger partial charge on any atom is 0.279 e. The van der Waals surface area contributed by atoms with Gasteiger partial charge in [0.25, 0.3) is 5.91 Å². The molecule has 1 aromatic heterocycles. The highest BCUT2D eigenvalue weighted by atomic mass is 32.2. The predicted octanol–water partition coefficient (Wildman–Crippen LogP) is 5.83. The maximum absolute atomic E-state index is 13.2. The lowest BCUT2D eigenvalue weighted by Gasteiger charge is -2.20. The lowest BCUT2D eigenvalue weighted by Crippen LogP contribution is -2.30. The first-order chi connectivity index (χ1) is 17.9. The molecule has 0 saturated heterocycles. The molecular formula is C29H27N3O3S2. The van der Waals surface area contributed by atoms with Crippen molar-refractivity contribution in [2.24, 2.45) is 4.99 Å². The molecule has 5 aromatic rings. The highest BCUT2D eigenvalue weighted by Gasteiger charge is 2.23. The number of thiazole rings is 1. The van der Waals surface area contributed by atoms with Crippen LogP contribution in [-0.4, -0.2) is 29.7 Å². The van der Waals surface area contributed by atoms with Crippen LogP contribution in [0.2, 0.25) is 0 Å². The Labute approximate surface area is 220 Å². The van der Waals surface area contributed by atoms with Crippen LogP contribution >= 0.6 is 11.3 Å². The predicted molar refractivity (Wildman–Crippen MR) is 149 cm³/mol. The molecule has 5 rings (SSSR count).